The van der Waals surface area contributed by atoms with Crippen LogP contribution in [0.3, 0.4) is 0 Å². The van der Waals surface area contributed by atoms with Gasteiger partial charge < -0.3 is 14.8 Å². The molecule has 2 fully saturated rings. The van der Waals surface area contributed by atoms with E-state index in [0.717, 1.165) is 41.1 Å². The highest BCUT2D eigenvalue weighted by atomic mass is 16.2. The van der Waals surface area contributed by atoms with Gasteiger partial charge in [-0.15, -0.1) is 5.10 Å². The molecule has 0 spiro atoms. The lowest BCUT2D eigenvalue weighted by Crippen LogP contribution is -2.49. The van der Waals surface area contributed by atoms with Crippen LogP contribution in [0.15, 0.2) is 42.6 Å². The fourth-order valence-corrected chi connectivity index (χ4v) is 3.66. The molecule has 1 saturated carbocycles. The van der Waals surface area contributed by atoms with Crippen LogP contribution >= 0.6 is 0 Å². The maximum atomic E-state index is 12.9. The van der Waals surface area contributed by atoms with Gasteiger partial charge in [-0.2, -0.15) is 5.10 Å². The topological polar surface area (TPSA) is 65.1 Å². The van der Waals surface area contributed by atoms with Crippen LogP contribution in [-0.4, -0.2) is 52.2 Å². The summed E-state index contributed by atoms with van der Waals surface area (Å²) in [4.78, 5) is 20.2. The first-order valence-electron chi connectivity index (χ1n) is 9.23. The smallest absolute Gasteiger partial charge is 0.256 e. The van der Waals surface area contributed by atoms with Gasteiger partial charge in [0, 0.05) is 49.2 Å². The minimum Gasteiger partial charge on any atom is -0.360 e. The van der Waals surface area contributed by atoms with Crippen molar-refractivity contribution in [1.82, 2.24) is 20.1 Å². The lowest BCUT2D eigenvalue weighted by Gasteiger charge is -2.35. The monoisotopic (exact) mass is 347 g/mol. The molecule has 1 saturated heterocycles. The molecule has 1 aromatic carbocycles. The molecule has 1 aliphatic carbocycles. The van der Waals surface area contributed by atoms with Crippen molar-refractivity contribution in [3.05, 3.63) is 53.9 Å². The molecular weight excluding hydrogens is 326 g/mol. The van der Waals surface area contributed by atoms with Crippen LogP contribution in [0.25, 0.3) is 10.9 Å². The largest absolute Gasteiger partial charge is 0.360 e. The second-order valence-corrected chi connectivity index (χ2v) is 7.12. The molecule has 1 N–H and O–H groups in total. The highest BCUT2D eigenvalue weighted by Crippen LogP contribution is 2.38. The molecule has 6 heteroatoms. The van der Waals surface area contributed by atoms with Crippen molar-refractivity contribution < 1.29 is 4.79 Å². The SMILES string of the molecule is O=C(c1c[nH]c2ccccc12)N1CCN(c2ccc(C3CC3)nn2)CC1. The summed E-state index contributed by atoms with van der Waals surface area (Å²) >= 11 is 0. The number of aromatic amines is 1. The quantitative estimate of drug-likeness (QED) is 0.791. The first-order chi connectivity index (χ1) is 12.8. The molecule has 0 bridgehead atoms. The zero-order valence-electron chi connectivity index (χ0n) is 14.6. The summed E-state index contributed by atoms with van der Waals surface area (Å²) in [6.45, 7) is 2.96. The molecule has 3 heterocycles. The number of piperazine rings is 1. The maximum Gasteiger partial charge on any atom is 0.256 e. The summed E-state index contributed by atoms with van der Waals surface area (Å²) in [5.41, 5.74) is 2.87. The van der Waals surface area contributed by atoms with Crippen LogP contribution in [0.5, 0.6) is 0 Å². The van der Waals surface area contributed by atoms with Crippen LogP contribution in [0.4, 0.5) is 5.82 Å². The Balaban J connectivity index is 1.27. The number of para-hydroxylation sites is 1. The number of benzene rings is 1. The Labute approximate surface area is 151 Å². The molecule has 1 amide bonds. The van der Waals surface area contributed by atoms with Crippen molar-refractivity contribution in [3.63, 3.8) is 0 Å². The van der Waals surface area contributed by atoms with Gasteiger partial charge in [0.05, 0.1) is 11.3 Å². The van der Waals surface area contributed by atoms with E-state index < -0.39 is 0 Å². The van der Waals surface area contributed by atoms with Gasteiger partial charge in [0.1, 0.15) is 0 Å². The van der Waals surface area contributed by atoms with E-state index >= 15 is 0 Å². The number of hydrogen-bond donors (Lipinski definition) is 1. The first kappa shape index (κ1) is 15.4. The van der Waals surface area contributed by atoms with E-state index in [2.05, 4.69) is 32.2 Å². The van der Waals surface area contributed by atoms with Crippen molar-refractivity contribution in [1.29, 1.82) is 0 Å². The van der Waals surface area contributed by atoms with Gasteiger partial charge >= 0.3 is 0 Å². The molecule has 6 nitrogen and oxygen atoms in total. The van der Waals surface area contributed by atoms with Gasteiger partial charge in [0.25, 0.3) is 5.91 Å². The van der Waals surface area contributed by atoms with Crippen molar-refractivity contribution in [2.24, 2.45) is 0 Å². The number of carbonyl (C=O) groups excluding carboxylic acids is 1. The van der Waals surface area contributed by atoms with E-state index in [1.54, 1.807) is 0 Å². The Bertz CT molecular complexity index is 936. The van der Waals surface area contributed by atoms with Crippen LogP contribution in [0, 0.1) is 0 Å². The first-order valence-corrected chi connectivity index (χ1v) is 9.23. The number of nitrogens with one attached hydrogen (secondary N) is 1. The summed E-state index contributed by atoms with van der Waals surface area (Å²) < 4.78 is 0. The average Bonchev–Trinajstić information content (AvgIpc) is 3.47. The van der Waals surface area contributed by atoms with Gasteiger partial charge in [0.2, 0.25) is 0 Å². The van der Waals surface area contributed by atoms with Gasteiger partial charge in [-0.1, -0.05) is 18.2 Å². The Morgan fingerprint density at radius 3 is 2.54 bits per heavy atom. The Kier molecular flexibility index (Phi) is 3.62. The molecule has 0 atom stereocenters. The van der Waals surface area contributed by atoms with Crippen molar-refractivity contribution >= 4 is 22.6 Å². The molecule has 2 aromatic heterocycles. The minimum atomic E-state index is 0.0947. The molecular formula is C20H21N5O. The van der Waals surface area contributed by atoms with Crippen molar-refractivity contribution in [2.75, 3.05) is 31.1 Å². The van der Waals surface area contributed by atoms with Gasteiger partial charge in [-0.05, 0) is 31.0 Å². The third-order valence-corrected chi connectivity index (χ3v) is 5.38. The van der Waals surface area contributed by atoms with Crippen LogP contribution in [-0.2, 0) is 0 Å². The fourth-order valence-electron chi connectivity index (χ4n) is 3.66. The van der Waals surface area contributed by atoms with E-state index in [9.17, 15) is 4.79 Å². The molecule has 2 aliphatic rings. The van der Waals surface area contributed by atoms with Crippen LogP contribution in [0.2, 0.25) is 0 Å². The number of hydrogen-bond acceptors (Lipinski definition) is 4. The molecule has 0 radical (unpaired) electrons. The highest BCUT2D eigenvalue weighted by Gasteiger charge is 2.27. The van der Waals surface area contributed by atoms with E-state index in [-0.39, 0.29) is 5.91 Å². The molecule has 1 aliphatic heterocycles. The summed E-state index contributed by atoms with van der Waals surface area (Å²) in [7, 11) is 0. The van der Waals surface area contributed by atoms with E-state index in [1.165, 1.54) is 12.8 Å². The highest BCUT2D eigenvalue weighted by molar-refractivity contribution is 6.06. The Morgan fingerprint density at radius 1 is 1.00 bits per heavy atom. The van der Waals surface area contributed by atoms with Gasteiger partial charge in [0.15, 0.2) is 5.82 Å². The number of fused-ring (bicyclic) bond motifs is 1. The number of carbonyl (C=O) groups is 1. The van der Waals surface area contributed by atoms with Gasteiger partial charge in [-0.3, -0.25) is 4.79 Å². The summed E-state index contributed by atoms with van der Waals surface area (Å²) in [5.74, 6) is 1.63. The zero-order valence-corrected chi connectivity index (χ0v) is 14.6. The van der Waals surface area contributed by atoms with Crippen molar-refractivity contribution in [2.45, 2.75) is 18.8 Å². The van der Waals surface area contributed by atoms with Crippen LogP contribution < -0.4 is 4.90 Å². The Hall–Kier alpha value is -2.89. The standard InChI is InChI=1S/C20H21N5O/c26-20(16-13-21-18-4-2-1-3-15(16)18)25-11-9-24(10-12-25)19-8-7-17(22-23-19)14-5-6-14/h1-4,7-8,13-14,21H,5-6,9-12H2. The molecule has 132 valence electrons. The molecule has 26 heavy (non-hydrogen) atoms. The van der Waals surface area contributed by atoms with Crippen LogP contribution in [0.1, 0.15) is 34.8 Å². The molecule has 5 rings (SSSR count). The number of anilines is 1. The summed E-state index contributed by atoms with van der Waals surface area (Å²) in [6.07, 6.45) is 4.30. The lowest BCUT2D eigenvalue weighted by atomic mass is 10.1. The van der Waals surface area contributed by atoms with Gasteiger partial charge in [-0.25, -0.2) is 0 Å². The van der Waals surface area contributed by atoms with E-state index in [0.29, 0.717) is 19.0 Å². The predicted molar refractivity (Wildman–Crippen MR) is 100 cm³/mol. The normalized spacial score (nSPS) is 17.7. The maximum absolute atomic E-state index is 12.9. The van der Waals surface area contributed by atoms with E-state index in [1.807, 2.05) is 35.4 Å². The van der Waals surface area contributed by atoms with Crippen molar-refractivity contribution in [3.8, 4) is 0 Å². The second kappa shape index (κ2) is 6.12. The Morgan fingerprint density at radius 2 is 1.81 bits per heavy atom. The number of aromatic nitrogens is 3. The third-order valence-electron chi connectivity index (χ3n) is 5.38. The predicted octanol–water partition coefficient (Wildman–Crippen LogP) is 2.80. The summed E-state index contributed by atoms with van der Waals surface area (Å²) in [6, 6.07) is 12.1. The lowest BCUT2D eigenvalue weighted by molar-refractivity contribution is 0.0748. The van der Waals surface area contributed by atoms with E-state index in [4.69, 9.17) is 0 Å². The number of amides is 1. The minimum absolute atomic E-state index is 0.0947. The molecule has 0 unspecified atom stereocenters. The number of H-pyrrole nitrogens is 1. The summed E-state index contributed by atoms with van der Waals surface area (Å²) in [5, 5.41) is 9.75. The molecule has 3 aromatic rings. The number of nitrogens with zero attached hydrogens (tertiary/aromatic N) is 4. The average molecular weight is 347 g/mol. The second-order valence-electron chi connectivity index (χ2n) is 7.12. The fraction of sp³-hybridized carbons (Fsp3) is 0.350. The number of rotatable bonds is 3. The zero-order chi connectivity index (χ0) is 17.5. The third kappa shape index (κ3) is 2.71.